The van der Waals surface area contributed by atoms with Gasteiger partial charge in [-0.2, -0.15) is 0 Å². The Bertz CT molecular complexity index is 192. The largest absolute Gasteiger partial charge is 0.366 e. The van der Waals surface area contributed by atoms with E-state index < -0.39 is 0 Å². The molecule has 0 fully saturated rings. The van der Waals surface area contributed by atoms with Crippen molar-refractivity contribution < 1.29 is 0 Å². The lowest BCUT2D eigenvalue weighted by Gasteiger charge is -2.16. The first kappa shape index (κ1) is 11.9. The van der Waals surface area contributed by atoms with Crippen LogP contribution in [0.2, 0.25) is 0 Å². The fraction of sp³-hybridized carbons (Fsp3) is 0.600. The van der Waals surface area contributed by atoms with E-state index in [1.165, 1.54) is 0 Å². The van der Waals surface area contributed by atoms with Crippen LogP contribution >= 0.6 is 0 Å². The molecule has 1 aliphatic heterocycles. The number of rotatable bonds is 0. The highest BCUT2D eigenvalue weighted by molar-refractivity contribution is 4.87. The highest BCUT2D eigenvalue weighted by atomic mass is 15.2. The van der Waals surface area contributed by atoms with Crippen molar-refractivity contribution in [1.82, 2.24) is 25.8 Å². The molecule has 0 radical (unpaired) electrons. The molecule has 86 valence electrons. The minimum absolute atomic E-state index is 0.861. The monoisotopic (exact) mass is 211 g/mol. The number of nitrogens with zero attached hydrogens (tertiary/aromatic N) is 2. The van der Waals surface area contributed by atoms with Crippen molar-refractivity contribution in [2.24, 2.45) is 0 Å². The predicted molar refractivity (Wildman–Crippen MR) is 62.7 cm³/mol. The van der Waals surface area contributed by atoms with E-state index in [9.17, 15) is 0 Å². The van der Waals surface area contributed by atoms with Crippen LogP contribution in [0, 0.1) is 0 Å². The molecule has 1 heterocycles. The van der Waals surface area contributed by atoms with E-state index in [-0.39, 0.29) is 0 Å². The van der Waals surface area contributed by atoms with Gasteiger partial charge in [0.1, 0.15) is 0 Å². The molecule has 15 heavy (non-hydrogen) atoms. The van der Waals surface area contributed by atoms with E-state index in [0.29, 0.717) is 0 Å². The molecule has 3 N–H and O–H groups in total. The summed E-state index contributed by atoms with van der Waals surface area (Å²) in [5.74, 6) is 0. The quantitative estimate of drug-likeness (QED) is 0.504. The summed E-state index contributed by atoms with van der Waals surface area (Å²) in [5, 5.41) is 9.75. The Morgan fingerprint density at radius 3 is 1.80 bits per heavy atom. The minimum Gasteiger partial charge on any atom is -0.366 e. The molecular weight excluding hydrogens is 190 g/mol. The molecule has 1 aliphatic rings. The number of hydrogen-bond donors (Lipinski definition) is 3. The Morgan fingerprint density at radius 2 is 1.33 bits per heavy atom. The van der Waals surface area contributed by atoms with E-state index in [0.717, 1.165) is 26.4 Å². The lowest BCUT2D eigenvalue weighted by atomic mass is 10.6. The summed E-state index contributed by atoms with van der Waals surface area (Å²) in [6.07, 6.45) is 7.83. The maximum absolute atomic E-state index is 3.33. The van der Waals surface area contributed by atoms with E-state index in [4.69, 9.17) is 0 Å². The van der Waals surface area contributed by atoms with Gasteiger partial charge >= 0.3 is 0 Å². The molecule has 0 aromatic heterocycles. The van der Waals surface area contributed by atoms with Crippen LogP contribution in [0.4, 0.5) is 0 Å². The second-order valence-corrected chi connectivity index (χ2v) is 3.63. The van der Waals surface area contributed by atoms with Crippen molar-refractivity contribution in [2.75, 3.05) is 40.5 Å². The topological polar surface area (TPSA) is 42.6 Å². The van der Waals surface area contributed by atoms with Crippen molar-refractivity contribution in [3.8, 4) is 0 Å². The smallest absolute Gasteiger partial charge is 0.0674 e. The predicted octanol–water partition coefficient (Wildman–Crippen LogP) is -0.510. The van der Waals surface area contributed by atoms with Gasteiger partial charge in [0.05, 0.1) is 13.3 Å². The van der Waals surface area contributed by atoms with Gasteiger partial charge in [-0.15, -0.1) is 0 Å². The molecule has 0 saturated carbocycles. The van der Waals surface area contributed by atoms with Crippen molar-refractivity contribution in [3.05, 3.63) is 24.8 Å². The van der Waals surface area contributed by atoms with E-state index in [2.05, 4.69) is 25.8 Å². The Morgan fingerprint density at radius 1 is 0.867 bits per heavy atom. The zero-order chi connectivity index (χ0) is 10.9. The molecule has 0 amide bonds. The third-order valence-corrected chi connectivity index (χ3v) is 2.05. The normalized spacial score (nSPS) is 24.4. The minimum atomic E-state index is 0.861. The second kappa shape index (κ2) is 7.14. The molecule has 0 bridgehead atoms. The van der Waals surface area contributed by atoms with Gasteiger partial charge in [0.25, 0.3) is 0 Å². The number of hydrogen-bond acceptors (Lipinski definition) is 5. The first-order valence-electron chi connectivity index (χ1n) is 5.20. The third-order valence-electron chi connectivity index (χ3n) is 2.05. The summed E-state index contributed by atoms with van der Waals surface area (Å²) in [6, 6.07) is 0. The molecule has 5 nitrogen and oxygen atoms in total. The molecule has 0 spiro atoms. The fourth-order valence-electron chi connectivity index (χ4n) is 1.19. The van der Waals surface area contributed by atoms with Crippen molar-refractivity contribution in [2.45, 2.75) is 0 Å². The summed E-state index contributed by atoms with van der Waals surface area (Å²) in [5.41, 5.74) is 0. The lowest BCUT2D eigenvalue weighted by molar-refractivity contribution is 0.382. The molecule has 0 unspecified atom stereocenters. The van der Waals surface area contributed by atoms with E-state index in [1.54, 1.807) is 0 Å². The van der Waals surface area contributed by atoms with Crippen LogP contribution in [0.1, 0.15) is 0 Å². The lowest BCUT2D eigenvalue weighted by Crippen LogP contribution is -2.36. The summed E-state index contributed by atoms with van der Waals surface area (Å²) in [7, 11) is 4.07. The highest BCUT2D eigenvalue weighted by Gasteiger charge is 1.93. The van der Waals surface area contributed by atoms with Crippen LogP contribution in [-0.2, 0) is 0 Å². The van der Waals surface area contributed by atoms with Crippen LogP contribution in [0.15, 0.2) is 24.8 Å². The van der Waals surface area contributed by atoms with E-state index >= 15 is 0 Å². The summed E-state index contributed by atoms with van der Waals surface area (Å²) < 4.78 is 0. The standard InChI is InChI=1S/C10H21N5/c1-14-7-5-11-6-8-15(2)10-13-4-3-12-9-14/h5-8,11-13H,3-4,9-10H2,1-2H3/b7-5-,8-6-. The summed E-state index contributed by atoms with van der Waals surface area (Å²) >= 11 is 0. The van der Waals surface area contributed by atoms with Crippen molar-refractivity contribution in [3.63, 3.8) is 0 Å². The van der Waals surface area contributed by atoms with Crippen LogP contribution in [0.25, 0.3) is 0 Å². The SMILES string of the molecule is CN1/C=C\N/C=C\N(C)CNCCNC1. The zero-order valence-corrected chi connectivity index (χ0v) is 9.53. The molecule has 0 atom stereocenters. The molecule has 5 heteroatoms. The fourth-order valence-corrected chi connectivity index (χ4v) is 1.19. The van der Waals surface area contributed by atoms with Gasteiger partial charge in [-0.25, -0.2) is 0 Å². The van der Waals surface area contributed by atoms with Gasteiger partial charge in [0.15, 0.2) is 0 Å². The molecular formula is C10H21N5. The van der Waals surface area contributed by atoms with Gasteiger partial charge in [-0.3, -0.25) is 10.6 Å². The van der Waals surface area contributed by atoms with Gasteiger partial charge in [-0.1, -0.05) is 0 Å². The molecule has 0 aromatic rings. The average Bonchev–Trinajstić information content (AvgIpc) is 2.23. The van der Waals surface area contributed by atoms with Crippen LogP contribution in [0.5, 0.6) is 0 Å². The Kier molecular flexibility index (Phi) is 5.65. The second-order valence-electron chi connectivity index (χ2n) is 3.63. The van der Waals surface area contributed by atoms with E-state index in [1.807, 2.05) is 38.9 Å². The molecule has 0 saturated heterocycles. The van der Waals surface area contributed by atoms with Gasteiger partial charge in [0.2, 0.25) is 0 Å². The average molecular weight is 211 g/mol. The molecule has 1 rings (SSSR count). The Hall–Kier alpha value is -1.20. The maximum atomic E-state index is 3.33. The van der Waals surface area contributed by atoms with Crippen LogP contribution < -0.4 is 16.0 Å². The highest BCUT2D eigenvalue weighted by Crippen LogP contribution is 1.83. The Labute approximate surface area is 91.8 Å². The summed E-state index contributed by atoms with van der Waals surface area (Å²) in [6.45, 7) is 3.67. The van der Waals surface area contributed by atoms with Gasteiger partial charge in [0, 0.05) is 52.0 Å². The first-order valence-corrected chi connectivity index (χ1v) is 5.20. The van der Waals surface area contributed by atoms with Crippen LogP contribution in [0.3, 0.4) is 0 Å². The summed E-state index contributed by atoms with van der Waals surface area (Å²) in [4.78, 5) is 4.17. The Balaban J connectivity index is 2.38. The maximum Gasteiger partial charge on any atom is 0.0674 e. The van der Waals surface area contributed by atoms with Gasteiger partial charge < -0.3 is 15.1 Å². The van der Waals surface area contributed by atoms with Crippen LogP contribution in [-0.4, -0.2) is 50.3 Å². The zero-order valence-electron chi connectivity index (χ0n) is 9.53. The third kappa shape index (κ3) is 5.98. The van der Waals surface area contributed by atoms with Crippen molar-refractivity contribution in [1.29, 1.82) is 0 Å². The van der Waals surface area contributed by atoms with Gasteiger partial charge in [-0.05, 0) is 0 Å². The first-order chi connectivity index (χ1) is 7.29. The number of nitrogens with one attached hydrogen (secondary N) is 3. The molecule has 0 aromatic carbocycles. The van der Waals surface area contributed by atoms with Crippen molar-refractivity contribution >= 4 is 0 Å². The molecule has 0 aliphatic carbocycles.